The van der Waals surface area contributed by atoms with Crippen molar-refractivity contribution in [3.63, 3.8) is 0 Å². The second kappa shape index (κ2) is 4.04. The summed E-state index contributed by atoms with van der Waals surface area (Å²) in [6, 6.07) is 0. The summed E-state index contributed by atoms with van der Waals surface area (Å²) in [4.78, 5) is 5.18. The van der Waals surface area contributed by atoms with Gasteiger partial charge >= 0.3 is 0 Å². The molecule has 0 aromatic carbocycles. The number of nitrogens with zero attached hydrogens (tertiary/aromatic N) is 3. The summed E-state index contributed by atoms with van der Waals surface area (Å²) in [5.74, 6) is 0. The number of aromatic nitrogens is 3. The summed E-state index contributed by atoms with van der Waals surface area (Å²) in [7, 11) is 0. The highest BCUT2D eigenvalue weighted by molar-refractivity contribution is 7.16. The Labute approximate surface area is 86.2 Å². The zero-order valence-corrected chi connectivity index (χ0v) is 8.86. The molecule has 6 heteroatoms. The van der Waals surface area contributed by atoms with Gasteiger partial charge in [0.05, 0.1) is 11.9 Å². The lowest BCUT2D eigenvalue weighted by molar-refractivity contribution is 0.832. The molecule has 0 radical (unpaired) electrons. The maximum atomic E-state index is 5.45. The minimum Gasteiger partial charge on any atom is -0.330 e. The molecule has 0 amide bonds. The van der Waals surface area contributed by atoms with E-state index in [0.717, 1.165) is 22.1 Å². The summed E-state index contributed by atoms with van der Waals surface area (Å²) in [6.07, 6.45) is 2.68. The molecule has 72 valence electrons. The first-order chi connectivity index (χ1) is 5.81. The normalized spacial score (nSPS) is 10.3. The molecular weight excluding hydrogens is 208 g/mol. The van der Waals surface area contributed by atoms with Crippen molar-refractivity contribution in [2.75, 3.05) is 6.54 Å². The Morgan fingerprint density at radius 1 is 1.62 bits per heavy atom. The van der Waals surface area contributed by atoms with Gasteiger partial charge in [0.2, 0.25) is 4.96 Å². The van der Waals surface area contributed by atoms with Crippen molar-refractivity contribution in [3.05, 3.63) is 16.9 Å². The summed E-state index contributed by atoms with van der Waals surface area (Å²) in [6.45, 7) is 2.62. The van der Waals surface area contributed by atoms with Crippen LogP contribution in [0.1, 0.15) is 10.7 Å². The van der Waals surface area contributed by atoms with Gasteiger partial charge in [-0.05, 0) is 13.5 Å². The Hall–Kier alpha value is -0.650. The van der Waals surface area contributed by atoms with Crippen LogP contribution in [0.25, 0.3) is 4.96 Å². The van der Waals surface area contributed by atoms with Gasteiger partial charge in [-0.1, -0.05) is 11.3 Å². The summed E-state index contributed by atoms with van der Waals surface area (Å²) in [5, 5.41) is 5.35. The molecule has 0 unspecified atom stereocenters. The lowest BCUT2D eigenvalue weighted by Crippen LogP contribution is -2.05. The van der Waals surface area contributed by atoms with E-state index >= 15 is 0 Å². The van der Waals surface area contributed by atoms with Crippen LogP contribution < -0.4 is 5.73 Å². The van der Waals surface area contributed by atoms with Crippen molar-refractivity contribution < 1.29 is 0 Å². The summed E-state index contributed by atoms with van der Waals surface area (Å²) >= 11 is 1.60. The van der Waals surface area contributed by atoms with Crippen LogP contribution in [-0.2, 0) is 6.42 Å². The van der Waals surface area contributed by atoms with Gasteiger partial charge in [-0.25, -0.2) is 9.50 Å². The van der Waals surface area contributed by atoms with E-state index < -0.39 is 0 Å². The molecule has 0 fully saturated rings. The van der Waals surface area contributed by atoms with Crippen LogP contribution in [0.3, 0.4) is 0 Å². The van der Waals surface area contributed by atoms with E-state index in [9.17, 15) is 0 Å². The molecule has 0 aliphatic rings. The molecule has 0 aliphatic carbocycles. The molecule has 2 rings (SSSR count). The second-order valence-electron chi connectivity index (χ2n) is 2.60. The van der Waals surface area contributed by atoms with Crippen molar-refractivity contribution in [2.45, 2.75) is 13.3 Å². The number of rotatable bonds is 2. The maximum absolute atomic E-state index is 5.45. The standard InChI is InChI=1S/C7H10N4S.ClH/c1-5-10-11-6(2-3-8)4-9-7(11)12-5;/h4H,2-3,8H2,1H3;1H. The topological polar surface area (TPSA) is 56.2 Å². The van der Waals surface area contributed by atoms with Crippen molar-refractivity contribution in [3.8, 4) is 0 Å². The van der Waals surface area contributed by atoms with Crippen LogP contribution in [-0.4, -0.2) is 21.1 Å². The molecule has 0 aliphatic heterocycles. The molecule has 13 heavy (non-hydrogen) atoms. The first-order valence-electron chi connectivity index (χ1n) is 3.81. The third-order valence-corrected chi connectivity index (χ3v) is 2.50. The van der Waals surface area contributed by atoms with E-state index in [2.05, 4.69) is 10.1 Å². The van der Waals surface area contributed by atoms with Gasteiger partial charge in [0, 0.05) is 6.42 Å². The number of hydrogen-bond acceptors (Lipinski definition) is 4. The van der Waals surface area contributed by atoms with Crippen LogP contribution in [0, 0.1) is 6.92 Å². The lowest BCUT2D eigenvalue weighted by atomic mass is 10.3. The van der Waals surface area contributed by atoms with Gasteiger partial charge in [-0.3, -0.25) is 0 Å². The average Bonchev–Trinajstić information content (AvgIpc) is 2.52. The molecule has 2 N–H and O–H groups in total. The number of hydrogen-bond donors (Lipinski definition) is 1. The van der Waals surface area contributed by atoms with Crippen molar-refractivity contribution >= 4 is 28.7 Å². The Morgan fingerprint density at radius 3 is 3.08 bits per heavy atom. The highest BCUT2D eigenvalue weighted by atomic mass is 35.5. The average molecular weight is 219 g/mol. The fraction of sp³-hybridized carbons (Fsp3) is 0.429. The van der Waals surface area contributed by atoms with Gasteiger partial charge in [-0.2, -0.15) is 5.10 Å². The molecule has 0 bridgehead atoms. The van der Waals surface area contributed by atoms with Crippen LogP contribution in [0.5, 0.6) is 0 Å². The number of fused-ring (bicyclic) bond motifs is 1. The zero-order valence-electron chi connectivity index (χ0n) is 7.23. The van der Waals surface area contributed by atoms with Crippen LogP contribution >= 0.6 is 23.7 Å². The summed E-state index contributed by atoms with van der Waals surface area (Å²) < 4.78 is 1.87. The molecule has 4 nitrogen and oxygen atoms in total. The van der Waals surface area contributed by atoms with Crippen molar-refractivity contribution in [1.82, 2.24) is 14.6 Å². The third-order valence-electron chi connectivity index (χ3n) is 1.66. The Balaban J connectivity index is 0.000000845. The molecule has 0 spiro atoms. The third kappa shape index (κ3) is 1.82. The highest BCUT2D eigenvalue weighted by Crippen LogP contribution is 2.14. The van der Waals surface area contributed by atoms with E-state index in [1.807, 2.05) is 17.6 Å². The molecule has 2 aromatic rings. The van der Waals surface area contributed by atoms with Crippen molar-refractivity contribution in [2.24, 2.45) is 5.73 Å². The number of halogens is 1. The summed E-state index contributed by atoms with van der Waals surface area (Å²) in [5.41, 5.74) is 6.55. The predicted octanol–water partition coefficient (Wildman–Crippen LogP) is 1.02. The fourth-order valence-corrected chi connectivity index (χ4v) is 1.89. The predicted molar refractivity (Wildman–Crippen MR) is 55.6 cm³/mol. The molecule has 2 aromatic heterocycles. The largest absolute Gasteiger partial charge is 0.330 e. The molecule has 2 heterocycles. The highest BCUT2D eigenvalue weighted by Gasteiger charge is 2.05. The van der Waals surface area contributed by atoms with Crippen molar-refractivity contribution in [1.29, 1.82) is 0 Å². The first-order valence-corrected chi connectivity index (χ1v) is 4.63. The number of aryl methyl sites for hydroxylation is 1. The monoisotopic (exact) mass is 218 g/mol. The van der Waals surface area contributed by atoms with E-state index in [1.54, 1.807) is 11.3 Å². The second-order valence-corrected chi connectivity index (χ2v) is 3.76. The fourth-order valence-electron chi connectivity index (χ4n) is 1.15. The minimum atomic E-state index is 0. The Kier molecular flexibility index (Phi) is 3.24. The SMILES string of the molecule is Cc1nn2c(CCN)cnc2s1.Cl. The quantitative estimate of drug-likeness (QED) is 0.819. The lowest BCUT2D eigenvalue weighted by Gasteiger charge is -1.91. The Bertz CT molecular complexity index is 394. The Morgan fingerprint density at radius 2 is 2.38 bits per heavy atom. The van der Waals surface area contributed by atoms with Crippen LogP contribution in [0.15, 0.2) is 6.20 Å². The zero-order chi connectivity index (χ0) is 8.55. The van der Waals surface area contributed by atoms with Crippen LogP contribution in [0.4, 0.5) is 0 Å². The number of imidazole rings is 1. The van der Waals surface area contributed by atoms with Gasteiger partial charge in [-0.15, -0.1) is 12.4 Å². The molecular formula is C7H11ClN4S. The van der Waals surface area contributed by atoms with Gasteiger partial charge < -0.3 is 5.73 Å². The smallest absolute Gasteiger partial charge is 0.212 e. The van der Waals surface area contributed by atoms with Gasteiger partial charge in [0.1, 0.15) is 5.01 Å². The molecule has 0 saturated heterocycles. The van der Waals surface area contributed by atoms with Gasteiger partial charge in [0.25, 0.3) is 0 Å². The molecule has 0 atom stereocenters. The van der Waals surface area contributed by atoms with E-state index in [0.29, 0.717) is 6.54 Å². The maximum Gasteiger partial charge on any atom is 0.212 e. The minimum absolute atomic E-state index is 0. The number of nitrogens with two attached hydrogens (primary N) is 1. The van der Waals surface area contributed by atoms with E-state index in [4.69, 9.17) is 5.73 Å². The molecule has 0 saturated carbocycles. The van der Waals surface area contributed by atoms with E-state index in [1.165, 1.54) is 0 Å². The van der Waals surface area contributed by atoms with E-state index in [-0.39, 0.29) is 12.4 Å². The van der Waals surface area contributed by atoms with Crippen LogP contribution in [0.2, 0.25) is 0 Å². The first kappa shape index (κ1) is 10.4. The van der Waals surface area contributed by atoms with Gasteiger partial charge in [0.15, 0.2) is 0 Å².